The monoisotopic (exact) mass is 323 g/mol. The molecule has 1 aliphatic heterocycles. The lowest BCUT2D eigenvalue weighted by Crippen LogP contribution is -2.23. The minimum absolute atomic E-state index is 0.108. The van der Waals surface area contributed by atoms with Crippen LogP contribution in [-0.4, -0.2) is 51.1 Å². The molecule has 0 bridgehead atoms. The van der Waals surface area contributed by atoms with Gasteiger partial charge < -0.3 is 10.2 Å². The molecule has 1 fully saturated rings. The first kappa shape index (κ1) is 15.7. The maximum atomic E-state index is 11.4. The summed E-state index contributed by atoms with van der Waals surface area (Å²) in [5, 5.41) is 16.7. The van der Waals surface area contributed by atoms with Gasteiger partial charge in [-0.1, -0.05) is 0 Å². The van der Waals surface area contributed by atoms with Gasteiger partial charge in [0.05, 0.1) is 23.6 Å². The molecule has 8 nitrogen and oxygen atoms in total. The van der Waals surface area contributed by atoms with Crippen molar-refractivity contribution in [2.24, 2.45) is 0 Å². The molecule has 0 amide bonds. The lowest BCUT2D eigenvalue weighted by atomic mass is 10.1. The average Bonchev–Trinajstić information content (AvgIpc) is 3.30. The van der Waals surface area contributed by atoms with Crippen LogP contribution in [0.1, 0.15) is 18.0 Å². The zero-order valence-electron chi connectivity index (χ0n) is 13.3. The largest absolute Gasteiger partial charge is 0.386 e. The van der Waals surface area contributed by atoms with Crippen LogP contribution >= 0.6 is 0 Å². The fourth-order valence-electron chi connectivity index (χ4n) is 2.99. The first-order chi connectivity index (χ1) is 11.8. The third-order valence-electron chi connectivity index (χ3n) is 4.13. The Morgan fingerprint density at radius 1 is 1.50 bits per heavy atom. The number of pyridine rings is 1. The molecule has 0 radical (unpaired) electrons. The number of allylic oxidation sites excluding steroid dienone is 1. The summed E-state index contributed by atoms with van der Waals surface area (Å²) in [6.07, 6.45) is 8.00. The minimum atomic E-state index is 0.108. The molecule has 1 unspecified atom stereocenters. The molecular formula is C16H17N7O. The van der Waals surface area contributed by atoms with Crippen LogP contribution in [0.2, 0.25) is 0 Å². The van der Waals surface area contributed by atoms with Crippen LogP contribution in [-0.2, 0) is 4.79 Å². The second-order valence-corrected chi connectivity index (χ2v) is 5.43. The Labute approximate surface area is 139 Å². The van der Waals surface area contributed by atoms with Gasteiger partial charge in [0.2, 0.25) is 0 Å². The molecular weight excluding hydrogens is 306 g/mol. The molecule has 0 spiro atoms. The molecule has 1 saturated heterocycles. The van der Waals surface area contributed by atoms with Gasteiger partial charge in [-0.2, -0.15) is 10.4 Å². The second kappa shape index (κ2) is 6.91. The van der Waals surface area contributed by atoms with Gasteiger partial charge in [0.1, 0.15) is 24.3 Å². The number of nitrogens with zero attached hydrogens (tertiary/aromatic N) is 6. The zero-order chi connectivity index (χ0) is 16.9. The van der Waals surface area contributed by atoms with Crippen molar-refractivity contribution in [1.29, 1.82) is 5.26 Å². The maximum absolute atomic E-state index is 11.4. The molecule has 8 heteroatoms. The van der Waals surface area contributed by atoms with Gasteiger partial charge in [-0.05, 0) is 12.5 Å². The quantitative estimate of drug-likeness (QED) is 0.499. The van der Waals surface area contributed by atoms with Crippen molar-refractivity contribution in [3.05, 3.63) is 42.3 Å². The van der Waals surface area contributed by atoms with E-state index < -0.39 is 0 Å². The predicted molar refractivity (Wildman–Crippen MR) is 87.6 cm³/mol. The van der Waals surface area contributed by atoms with E-state index in [9.17, 15) is 10.1 Å². The number of anilines is 1. The number of aldehydes is 1. The van der Waals surface area contributed by atoms with Crippen molar-refractivity contribution in [3.8, 4) is 6.07 Å². The van der Waals surface area contributed by atoms with Gasteiger partial charge in [0, 0.05) is 31.9 Å². The van der Waals surface area contributed by atoms with Crippen LogP contribution in [0.4, 0.5) is 5.69 Å². The zero-order valence-corrected chi connectivity index (χ0v) is 13.3. The summed E-state index contributed by atoms with van der Waals surface area (Å²) >= 11 is 0. The lowest BCUT2D eigenvalue weighted by molar-refractivity contribution is -0.104. The van der Waals surface area contributed by atoms with Crippen molar-refractivity contribution in [2.45, 2.75) is 12.5 Å². The molecule has 0 saturated carbocycles. The minimum Gasteiger partial charge on any atom is -0.386 e. The summed E-state index contributed by atoms with van der Waals surface area (Å²) < 4.78 is 1.82. The van der Waals surface area contributed by atoms with Gasteiger partial charge in [-0.25, -0.2) is 9.67 Å². The molecule has 0 aromatic carbocycles. The number of carbonyl (C=O) groups is 1. The summed E-state index contributed by atoms with van der Waals surface area (Å²) in [4.78, 5) is 21.6. The molecule has 122 valence electrons. The van der Waals surface area contributed by atoms with Crippen LogP contribution in [0, 0.1) is 11.3 Å². The van der Waals surface area contributed by atoms with Gasteiger partial charge in [-0.3, -0.25) is 9.78 Å². The van der Waals surface area contributed by atoms with Crippen LogP contribution in [0.15, 0.2) is 36.7 Å². The first-order valence-corrected chi connectivity index (χ1v) is 7.59. The number of hydrogen-bond donors (Lipinski definition) is 1. The van der Waals surface area contributed by atoms with E-state index in [2.05, 4.69) is 25.3 Å². The molecule has 2 aromatic rings. The van der Waals surface area contributed by atoms with Gasteiger partial charge >= 0.3 is 0 Å². The van der Waals surface area contributed by atoms with Crippen LogP contribution < -0.4 is 5.32 Å². The molecule has 1 aliphatic rings. The van der Waals surface area contributed by atoms with E-state index in [0.29, 0.717) is 18.5 Å². The first-order valence-electron chi connectivity index (χ1n) is 7.59. The number of likely N-dealkylation sites (tertiary alicyclic amines) is 1. The van der Waals surface area contributed by atoms with E-state index in [1.165, 1.54) is 6.33 Å². The molecule has 3 heterocycles. The van der Waals surface area contributed by atoms with E-state index in [1.807, 2.05) is 16.8 Å². The smallest absolute Gasteiger partial charge is 0.162 e. The van der Waals surface area contributed by atoms with E-state index in [0.717, 1.165) is 24.2 Å². The predicted octanol–water partition coefficient (Wildman–Crippen LogP) is 1.10. The highest BCUT2D eigenvalue weighted by Gasteiger charge is 2.29. The molecule has 24 heavy (non-hydrogen) atoms. The number of aromatic nitrogens is 4. The third kappa shape index (κ3) is 2.84. The Hall–Kier alpha value is -3.21. The summed E-state index contributed by atoms with van der Waals surface area (Å²) in [5.41, 5.74) is 2.29. The van der Waals surface area contributed by atoms with Crippen molar-refractivity contribution in [1.82, 2.24) is 24.6 Å². The Kier molecular flexibility index (Phi) is 4.52. The number of nitriles is 1. The van der Waals surface area contributed by atoms with Crippen molar-refractivity contribution in [2.75, 3.05) is 25.5 Å². The fraction of sp³-hybridized carbons (Fsp3) is 0.312. The van der Waals surface area contributed by atoms with E-state index in [1.54, 1.807) is 25.8 Å². The topological polar surface area (TPSA) is 99.7 Å². The van der Waals surface area contributed by atoms with E-state index in [-0.39, 0.29) is 11.6 Å². The fourth-order valence-corrected chi connectivity index (χ4v) is 2.99. The number of hydrogen-bond acceptors (Lipinski definition) is 7. The van der Waals surface area contributed by atoms with Crippen molar-refractivity contribution < 1.29 is 4.79 Å². The Bertz CT molecular complexity index is 791. The van der Waals surface area contributed by atoms with Crippen LogP contribution in [0.5, 0.6) is 0 Å². The highest BCUT2D eigenvalue weighted by Crippen LogP contribution is 2.33. The number of rotatable bonds is 5. The third-order valence-corrected chi connectivity index (χ3v) is 4.13. The Balaban J connectivity index is 2.00. The van der Waals surface area contributed by atoms with Crippen molar-refractivity contribution in [3.63, 3.8) is 0 Å². The highest BCUT2D eigenvalue weighted by atomic mass is 16.1. The highest BCUT2D eigenvalue weighted by molar-refractivity contribution is 5.94. The second-order valence-electron chi connectivity index (χ2n) is 5.43. The normalized spacial score (nSPS) is 18.0. The molecule has 1 N–H and O–H groups in total. The molecule has 0 aliphatic carbocycles. The Morgan fingerprint density at radius 2 is 2.38 bits per heavy atom. The van der Waals surface area contributed by atoms with Gasteiger partial charge in [0.15, 0.2) is 6.29 Å². The van der Waals surface area contributed by atoms with Crippen LogP contribution in [0.3, 0.4) is 0 Å². The number of carbonyl (C=O) groups excluding carboxylic acids is 1. The van der Waals surface area contributed by atoms with Gasteiger partial charge in [0.25, 0.3) is 0 Å². The number of nitrogens with one attached hydrogen (secondary N) is 1. The van der Waals surface area contributed by atoms with Crippen LogP contribution in [0.25, 0.3) is 5.70 Å². The standard InChI is InChI=1S/C16H17N7O/c1-18-15-7-19-4-2-14(15)16(12(6-17)9-24)22-5-3-13(8-22)23-11-20-10-21-23/h2,4,7,9-11,13,18H,3,5,8H2,1H3/b16-12+. The van der Waals surface area contributed by atoms with Gasteiger partial charge in [-0.15, -0.1) is 0 Å². The summed E-state index contributed by atoms with van der Waals surface area (Å²) in [7, 11) is 1.79. The maximum Gasteiger partial charge on any atom is 0.162 e. The van der Waals surface area contributed by atoms with E-state index in [4.69, 9.17) is 0 Å². The summed E-state index contributed by atoms with van der Waals surface area (Å²) in [5.74, 6) is 0. The lowest BCUT2D eigenvalue weighted by Gasteiger charge is -2.24. The SMILES string of the molecule is CNc1cnccc1/C(=C(/C#N)C=O)N1CCC(n2cncn2)C1. The average molecular weight is 323 g/mol. The van der Waals surface area contributed by atoms with E-state index >= 15 is 0 Å². The summed E-state index contributed by atoms with van der Waals surface area (Å²) in [6.45, 7) is 1.38. The molecule has 1 atom stereocenters. The summed E-state index contributed by atoms with van der Waals surface area (Å²) in [6, 6.07) is 3.99. The van der Waals surface area contributed by atoms with Crippen molar-refractivity contribution >= 4 is 17.7 Å². The molecule has 3 rings (SSSR count). The Morgan fingerprint density at radius 3 is 3.04 bits per heavy atom. The molecule has 2 aromatic heterocycles.